The number of hydrogen-bond acceptors (Lipinski definition) is 4. The molecule has 0 saturated heterocycles. The zero-order chi connectivity index (χ0) is 15.5. The van der Waals surface area contributed by atoms with Crippen molar-refractivity contribution in [3.63, 3.8) is 0 Å². The molecule has 1 aliphatic rings. The van der Waals surface area contributed by atoms with E-state index in [0.717, 1.165) is 0 Å². The summed E-state index contributed by atoms with van der Waals surface area (Å²) in [7, 11) is 0. The van der Waals surface area contributed by atoms with Crippen molar-refractivity contribution in [2.24, 2.45) is 5.11 Å². The number of benzene rings is 2. The largest absolute Gasteiger partial charge is 0.486 e. The summed E-state index contributed by atoms with van der Waals surface area (Å²) in [5.74, 6) is 0.603. The van der Waals surface area contributed by atoms with Gasteiger partial charge in [0, 0.05) is 21.1 Å². The summed E-state index contributed by atoms with van der Waals surface area (Å²) in [5, 5.41) is 4.03. The van der Waals surface area contributed by atoms with Crippen molar-refractivity contribution in [3.8, 4) is 11.5 Å². The van der Waals surface area contributed by atoms with E-state index in [1.807, 2.05) is 0 Å². The highest BCUT2D eigenvalue weighted by molar-refractivity contribution is 6.31. The Hall–Kier alpha value is -2.69. The van der Waals surface area contributed by atoms with Crippen LogP contribution in [0.5, 0.6) is 11.5 Å². The van der Waals surface area contributed by atoms with Gasteiger partial charge in [0.25, 0.3) is 0 Å². The second-order valence-corrected chi connectivity index (χ2v) is 4.98. The number of ketones is 1. The summed E-state index contributed by atoms with van der Waals surface area (Å²) in [6.45, 7) is 0.808. The van der Waals surface area contributed by atoms with Gasteiger partial charge in [-0.15, -0.1) is 0 Å². The monoisotopic (exact) mass is 315 g/mol. The molecule has 7 heteroatoms. The average Bonchev–Trinajstić information content (AvgIpc) is 2.54. The molecule has 0 bridgehead atoms. The van der Waals surface area contributed by atoms with Crippen molar-refractivity contribution in [2.75, 3.05) is 13.2 Å². The minimum Gasteiger partial charge on any atom is -0.486 e. The number of azide groups is 1. The highest BCUT2D eigenvalue weighted by Crippen LogP contribution is 2.38. The summed E-state index contributed by atoms with van der Waals surface area (Å²) < 4.78 is 10.9. The van der Waals surface area contributed by atoms with E-state index in [0.29, 0.717) is 35.3 Å². The van der Waals surface area contributed by atoms with E-state index in [-0.39, 0.29) is 17.0 Å². The molecule has 0 aromatic heterocycles. The van der Waals surface area contributed by atoms with Crippen LogP contribution in [0.2, 0.25) is 5.02 Å². The van der Waals surface area contributed by atoms with Crippen LogP contribution >= 0.6 is 11.6 Å². The van der Waals surface area contributed by atoms with Crippen LogP contribution in [0.1, 0.15) is 15.9 Å². The average molecular weight is 316 g/mol. The Labute approximate surface area is 130 Å². The summed E-state index contributed by atoms with van der Waals surface area (Å²) in [5.41, 5.74) is 9.53. The summed E-state index contributed by atoms with van der Waals surface area (Å²) in [6, 6.07) is 9.59. The molecule has 0 atom stereocenters. The predicted octanol–water partition coefficient (Wildman–Crippen LogP) is 4.28. The van der Waals surface area contributed by atoms with Crippen molar-refractivity contribution in [3.05, 3.63) is 63.0 Å². The van der Waals surface area contributed by atoms with Gasteiger partial charge in [0.15, 0.2) is 17.3 Å². The van der Waals surface area contributed by atoms with E-state index in [9.17, 15) is 4.79 Å². The smallest absolute Gasteiger partial charge is 0.193 e. The van der Waals surface area contributed by atoms with Gasteiger partial charge >= 0.3 is 0 Å². The van der Waals surface area contributed by atoms with Crippen molar-refractivity contribution in [1.82, 2.24) is 0 Å². The van der Waals surface area contributed by atoms with Crippen molar-refractivity contribution in [2.45, 2.75) is 0 Å². The van der Waals surface area contributed by atoms with E-state index in [4.69, 9.17) is 26.6 Å². The summed E-state index contributed by atoms with van der Waals surface area (Å²) >= 11 is 5.91. The maximum atomic E-state index is 12.6. The molecule has 2 aromatic carbocycles. The maximum Gasteiger partial charge on any atom is 0.193 e. The number of hydrogen-bond donors (Lipinski definition) is 0. The lowest BCUT2D eigenvalue weighted by Crippen LogP contribution is -2.16. The third-order valence-electron chi connectivity index (χ3n) is 3.14. The van der Waals surface area contributed by atoms with Gasteiger partial charge in [-0.1, -0.05) is 28.8 Å². The van der Waals surface area contributed by atoms with Crippen LogP contribution in [0.4, 0.5) is 5.69 Å². The SMILES string of the molecule is [N-]=[N+]=Nc1cc2c(cc1C(=O)c1cccc(Cl)c1)OCCO2. The zero-order valence-corrected chi connectivity index (χ0v) is 12.1. The second kappa shape index (κ2) is 5.97. The minimum absolute atomic E-state index is 0.191. The quantitative estimate of drug-likeness (QED) is 0.366. The number of carbonyl (C=O) groups is 1. The molecule has 1 heterocycles. The van der Waals surface area contributed by atoms with Crippen LogP contribution in [-0.2, 0) is 0 Å². The van der Waals surface area contributed by atoms with Gasteiger partial charge < -0.3 is 9.47 Å². The van der Waals surface area contributed by atoms with E-state index < -0.39 is 0 Å². The molecule has 3 rings (SSSR count). The zero-order valence-electron chi connectivity index (χ0n) is 11.3. The van der Waals surface area contributed by atoms with Gasteiger partial charge in [0.1, 0.15) is 13.2 Å². The Morgan fingerprint density at radius 1 is 1.18 bits per heavy atom. The van der Waals surface area contributed by atoms with Crippen molar-refractivity contribution < 1.29 is 14.3 Å². The van der Waals surface area contributed by atoms with E-state index in [2.05, 4.69) is 10.0 Å². The van der Waals surface area contributed by atoms with Gasteiger partial charge in [-0.2, -0.15) is 0 Å². The first-order valence-electron chi connectivity index (χ1n) is 6.48. The highest BCUT2D eigenvalue weighted by atomic mass is 35.5. The van der Waals surface area contributed by atoms with Gasteiger partial charge in [-0.25, -0.2) is 0 Å². The first kappa shape index (κ1) is 14.3. The predicted molar refractivity (Wildman–Crippen MR) is 81.1 cm³/mol. The molecule has 22 heavy (non-hydrogen) atoms. The Morgan fingerprint density at radius 2 is 1.91 bits per heavy atom. The molecule has 0 radical (unpaired) electrons. The standard InChI is InChI=1S/C15H10ClN3O3/c16-10-3-1-2-9(6-10)15(20)11-7-13-14(22-5-4-21-13)8-12(11)18-19-17/h1-3,6-8H,4-5H2. The Balaban J connectivity index is 2.12. The third-order valence-corrected chi connectivity index (χ3v) is 3.38. The van der Waals surface area contributed by atoms with E-state index in [1.165, 1.54) is 12.1 Å². The van der Waals surface area contributed by atoms with Gasteiger partial charge in [-0.05, 0) is 29.8 Å². The fourth-order valence-corrected chi connectivity index (χ4v) is 2.37. The second-order valence-electron chi connectivity index (χ2n) is 4.54. The molecular weight excluding hydrogens is 306 g/mol. The van der Waals surface area contributed by atoms with Crippen LogP contribution in [0, 0.1) is 0 Å². The number of rotatable bonds is 3. The molecule has 1 aliphatic heterocycles. The molecular formula is C15H10ClN3O3. The van der Waals surface area contributed by atoms with Crippen LogP contribution in [-0.4, -0.2) is 19.0 Å². The molecule has 0 N–H and O–H groups in total. The number of halogens is 1. The van der Waals surface area contributed by atoms with Crippen LogP contribution in [0.25, 0.3) is 10.4 Å². The van der Waals surface area contributed by atoms with Crippen LogP contribution in [0.3, 0.4) is 0 Å². The minimum atomic E-state index is -0.304. The lowest BCUT2D eigenvalue weighted by Gasteiger charge is -2.19. The molecule has 110 valence electrons. The lowest BCUT2D eigenvalue weighted by molar-refractivity contribution is 0.103. The molecule has 0 saturated carbocycles. The molecule has 0 amide bonds. The first-order chi connectivity index (χ1) is 10.7. The van der Waals surface area contributed by atoms with Gasteiger partial charge in [0.05, 0.1) is 5.69 Å². The number of fused-ring (bicyclic) bond motifs is 1. The topological polar surface area (TPSA) is 84.3 Å². The molecule has 0 fully saturated rings. The molecule has 0 unspecified atom stereocenters. The maximum absolute atomic E-state index is 12.6. The molecule has 2 aromatic rings. The normalized spacial score (nSPS) is 12.4. The third kappa shape index (κ3) is 2.70. The van der Waals surface area contributed by atoms with E-state index in [1.54, 1.807) is 24.3 Å². The summed E-state index contributed by atoms with van der Waals surface area (Å²) in [6.07, 6.45) is 0. The molecule has 6 nitrogen and oxygen atoms in total. The first-order valence-corrected chi connectivity index (χ1v) is 6.86. The number of nitrogens with zero attached hydrogens (tertiary/aromatic N) is 3. The lowest BCUT2D eigenvalue weighted by atomic mass is 10.0. The van der Waals surface area contributed by atoms with Crippen LogP contribution in [0.15, 0.2) is 41.5 Å². The van der Waals surface area contributed by atoms with E-state index >= 15 is 0 Å². The molecule has 0 aliphatic carbocycles. The van der Waals surface area contributed by atoms with Crippen molar-refractivity contribution in [1.29, 1.82) is 0 Å². The Kier molecular flexibility index (Phi) is 3.87. The molecule has 0 spiro atoms. The Bertz CT molecular complexity index is 801. The Morgan fingerprint density at radius 3 is 2.59 bits per heavy atom. The highest BCUT2D eigenvalue weighted by Gasteiger charge is 2.20. The van der Waals surface area contributed by atoms with Gasteiger partial charge in [0.2, 0.25) is 0 Å². The van der Waals surface area contributed by atoms with Crippen molar-refractivity contribution >= 4 is 23.1 Å². The fourth-order valence-electron chi connectivity index (χ4n) is 2.18. The van der Waals surface area contributed by atoms with Gasteiger partial charge in [-0.3, -0.25) is 4.79 Å². The summed E-state index contributed by atoms with van der Waals surface area (Å²) in [4.78, 5) is 15.4. The number of ether oxygens (including phenoxy) is 2. The van der Waals surface area contributed by atoms with Crippen LogP contribution < -0.4 is 9.47 Å². The fraction of sp³-hybridized carbons (Fsp3) is 0.133. The number of carbonyl (C=O) groups excluding carboxylic acids is 1.